The number of hydrogen-bond donors (Lipinski definition) is 1. The fourth-order valence-corrected chi connectivity index (χ4v) is 5.61. The summed E-state index contributed by atoms with van der Waals surface area (Å²) in [5, 5.41) is 0. The third-order valence-electron chi connectivity index (χ3n) is 3.71. The minimum Gasteiger partial charge on any atom is -0.376 e. The number of hydrogen-bond acceptors (Lipinski definition) is 3. The molecule has 0 spiro atoms. The van der Waals surface area contributed by atoms with Gasteiger partial charge in [-0.1, -0.05) is 15.9 Å². The Balaban J connectivity index is 1.81. The molecule has 7 heteroatoms. The number of ether oxygens (including phenoxy) is 1. The maximum absolute atomic E-state index is 12.5. The third kappa shape index (κ3) is 3.11. The summed E-state index contributed by atoms with van der Waals surface area (Å²) in [6.45, 7) is 0.635. The monoisotopic (exact) mass is 423 g/mol. The molecular formula is C13H15Br2NO3S. The van der Waals surface area contributed by atoms with Gasteiger partial charge >= 0.3 is 0 Å². The third-order valence-corrected chi connectivity index (χ3v) is 6.67. The van der Waals surface area contributed by atoms with Crippen molar-refractivity contribution in [1.82, 2.24) is 4.72 Å². The van der Waals surface area contributed by atoms with Gasteiger partial charge in [0.15, 0.2) is 0 Å². The van der Waals surface area contributed by atoms with E-state index >= 15 is 0 Å². The van der Waals surface area contributed by atoms with E-state index in [-0.39, 0.29) is 17.0 Å². The van der Waals surface area contributed by atoms with Crippen LogP contribution in [-0.2, 0) is 14.8 Å². The van der Waals surface area contributed by atoms with E-state index in [1.807, 2.05) is 0 Å². The molecule has 110 valence electrons. The summed E-state index contributed by atoms with van der Waals surface area (Å²) in [5.74, 6) is 0.526. The number of rotatable bonds is 4. The predicted octanol–water partition coefficient (Wildman–Crippen LogP) is 3.06. The van der Waals surface area contributed by atoms with Gasteiger partial charge in [0.1, 0.15) is 0 Å². The molecule has 1 aromatic rings. The van der Waals surface area contributed by atoms with Crippen LogP contribution in [0.15, 0.2) is 32.0 Å². The predicted molar refractivity (Wildman–Crippen MR) is 83.0 cm³/mol. The molecule has 0 bridgehead atoms. The molecule has 1 saturated heterocycles. The first kappa shape index (κ1) is 15.0. The standard InChI is InChI=1S/C13H15Br2NO3S/c14-9-3-4-12(10(15)7-9)20(17,18)16-11-5-6-19-13(11)8-1-2-8/h3-4,7-8,11,13,16H,1-2,5-6H2. The fourth-order valence-electron chi connectivity index (χ4n) is 2.58. The minimum atomic E-state index is -3.53. The van der Waals surface area contributed by atoms with Gasteiger partial charge in [-0.2, -0.15) is 0 Å². The van der Waals surface area contributed by atoms with Gasteiger partial charge in [0.2, 0.25) is 10.0 Å². The first-order valence-corrected chi connectivity index (χ1v) is 9.63. The van der Waals surface area contributed by atoms with Gasteiger partial charge in [-0.15, -0.1) is 0 Å². The highest BCUT2D eigenvalue weighted by molar-refractivity contribution is 9.11. The quantitative estimate of drug-likeness (QED) is 0.807. The zero-order chi connectivity index (χ0) is 14.3. The number of nitrogens with one attached hydrogen (secondary N) is 1. The van der Waals surface area contributed by atoms with Gasteiger partial charge in [-0.25, -0.2) is 13.1 Å². The minimum absolute atomic E-state index is 0.0407. The lowest BCUT2D eigenvalue weighted by atomic mass is 10.1. The summed E-state index contributed by atoms with van der Waals surface area (Å²) < 4.78 is 34.9. The highest BCUT2D eigenvalue weighted by Crippen LogP contribution is 2.39. The Bertz CT molecular complexity index is 616. The Hall–Kier alpha value is 0.0500. The molecular weight excluding hydrogens is 410 g/mol. The molecule has 4 nitrogen and oxygen atoms in total. The van der Waals surface area contributed by atoms with E-state index in [4.69, 9.17) is 4.74 Å². The Morgan fingerprint density at radius 1 is 1.20 bits per heavy atom. The van der Waals surface area contributed by atoms with Crippen LogP contribution in [0.4, 0.5) is 0 Å². The maximum atomic E-state index is 12.5. The lowest BCUT2D eigenvalue weighted by molar-refractivity contribution is 0.0848. The molecule has 0 radical (unpaired) electrons. The highest BCUT2D eigenvalue weighted by Gasteiger charge is 2.42. The molecule has 3 rings (SSSR count). The van der Waals surface area contributed by atoms with E-state index < -0.39 is 10.0 Å². The van der Waals surface area contributed by atoms with E-state index in [0.29, 0.717) is 17.0 Å². The van der Waals surface area contributed by atoms with Crippen LogP contribution in [0.5, 0.6) is 0 Å². The SMILES string of the molecule is O=S(=O)(NC1CCOC1C1CC1)c1ccc(Br)cc1Br. The van der Waals surface area contributed by atoms with E-state index in [9.17, 15) is 8.42 Å². The molecule has 1 saturated carbocycles. The Labute approximate surface area is 135 Å². The van der Waals surface area contributed by atoms with Crippen molar-refractivity contribution >= 4 is 41.9 Å². The Kier molecular flexibility index (Phi) is 4.25. The van der Waals surface area contributed by atoms with Gasteiger partial charge in [0.05, 0.1) is 17.0 Å². The van der Waals surface area contributed by atoms with Crippen LogP contribution in [0.1, 0.15) is 19.3 Å². The second kappa shape index (κ2) is 5.68. The van der Waals surface area contributed by atoms with Crippen molar-refractivity contribution < 1.29 is 13.2 Å². The van der Waals surface area contributed by atoms with Crippen molar-refractivity contribution in [2.45, 2.75) is 36.3 Å². The average molecular weight is 425 g/mol. The molecule has 2 unspecified atom stereocenters. The molecule has 2 fully saturated rings. The molecule has 2 atom stereocenters. The molecule has 1 aliphatic heterocycles. The summed E-state index contributed by atoms with van der Waals surface area (Å²) in [6.07, 6.45) is 3.07. The normalized spacial score (nSPS) is 26.9. The van der Waals surface area contributed by atoms with Gasteiger partial charge in [0, 0.05) is 15.6 Å². The molecule has 0 aromatic heterocycles. The molecule has 1 aliphatic carbocycles. The van der Waals surface area contributed by atoms with Gasteiger partial charge in [0.25, 0.3) is 0 Å². The summed E-state index contributed by atoms with van der Waals surface area (Å²) in [5.41, 5.74) is 0. The zero-order valence-electron chi connectivity index (χ0n) is 10.7. The smallest absolute Gasteiger partial charge is 0.242 e. The second-order valence-electron chi connectivity index (χ2n) is 5.26. The van der Waals surface area contributed by atoms with Crippen LogP contribution in [0.25, 0.3) is 0 Å². The fraction of sp³-hybridized carbons (Fsp3) is 0.538. The van der Waals surface area contributed by atoms with Gasteiger partial charge < -0.3 is 4.74 Å². The Morgan fingerprint density at radius 3 is 2.60 bits per heavy atom. The van der Waals surface area contributed by atoms with E-state index in [1.165, 1.54) is 0 Å². The molecule has 0 amide bonds. The molecule has 1 heterocycles. The molecule has 1 N–H and O–H groups in total. The molecule has 1 aromatic carbocycles. The lowest BCUT2D eigenvalue weighted by Gasteiger charge is -2.19. The average Bonchev–Trinajstić information content (AvgIpc) is 3.10. The topological polar surface area (TPSA) is 55.4 Å². The van der Waals surface area contributed by atoms with Crippen molar-refractivity contribution in [3.63, 3.8) is 0 Å². The summed E-state index contributed by atoms with van der Waals surface area (Å²) >= 11 is 6.63. The van der Waals surface area contributed by atoms with E-state index in [1.54, 1.807) is 18.2 Å². The number of benzene rings is 1. The van der Waals surface area contributed by atoms with Crippen molar-refractivity contribution in [3.05, 3.63) is 27.1 Å². The molecule has 20 heavy (non-hydrogen) atoms. The van der Waals surface area contributed by atoms with Crippen LogP contribution in [0.3, 0.4) is 0 Å². The van der Waals surface area contributed by atoms with E-state index in [0.717, 1.165) is 23.7 Å². The van der Waals surface area contributed by atoms with Crippen LogP contribution in [0.2, 0.25) is 0 Å². The summed E-state index contributed by atoms with van der Waals surface area (Å²) in [6, 6.07) is 4.95. The highest BCUT2D eigenvalue weighted by atomic mass is 79.9. The van der Waals surface area contributed by atoms with E-state index in [2.05, 4.69) is 36.6 Å². The first-order valence-electron chi connectivity index (χ1n) is 6.56. The van der Waals surface area contributed by atoms with Crippen LogP contribution < -0.4 is 4.72 Å². The Morgan fingerprint density at radius 2 is 1.95 bits per heavy atom. The van der Waals surface area contributed by atoms with Crippen molar-refractivity contribution in [2.24, 2.45) is 5.92 Å². The van der Waals surface area contributed by atoms with Crippen molar-refractivity contribution in [3.8, 4) is 0 Å². The second-order valence-corrected chi connectivity index (χ2v) is 8.72. The van der Waals surface area contributed by atoms with Crippen LogP contribution in [0, 0.1) is 5.92 Å². The number of halogens is 2. The van der Waals surface area contributed by atoms with Crippen LogP contribution in [-0.4, -0.2) is 27.2 Å². The van der Waals surface area contributed by atoms with Gasteiger partial charge in [-0.3, -0.25) is 0 Å². The molecule has 2 aliphatic rings. The maximum Gasteiger partial charge on any atom is 0.242 e. The largest absolute Gasteiger partial charge is 0.376 e. The number of sulfonamides is 1. The van der Waals surface area contributed by atoms with Crippen molar-refractivity contribution in [1.29, 1.82) is 0 Å². The zero-order valence-corrected chi connectivity index (χ0v) is 14.7. The summed E-state index contributed by atoms with van der Waals surface area (Å²) in [7, 11) is -3.53. The van der Waals surface area contributed by atoms with Gasteiger partial charge in [-0.05, 0) is 59.3 Å². The van der Waals surface area contributed by atoms with Crippen molar-refractivity contribution in [2.75, 3.05) is 6.61 Å². The first-order chi connectivity index (χ1) is 9.47. The summed E-state index contributed by atoms with van der Waals surface area (Å²) in [4.78, 5) is 0.266. The lowest BCUT2D eigenvalue weighted by Crippen LogP contribution is -2.41. The van der Waals surface area contributed by atoms with Crippen LogP contribution >= 0.6 is 31.9 Å².